The summed E-state index contributed by atoms with van der Waals surface area (Å²) in [6.45, 7) is 0.814. The fraction of sp³-hybridized carbons (Fsp3) is 0.278. The smallest absolute Gasteiger partial charge is 0.408 e. The second kappa shape index (κ2) is 6.20. The van der Waals surface area contributed by atoms with Crippen molar-refractivity contribution in [3.8, 4) is 0 Å². The zero-order chi connectivity index (χ0) is 15.4. The highest BCUT2D eigenvalue weighted by molar-refractivity contribution is 5.69. The number of ether oxygens (including phenoxy) is 1. The van der Waals surface area contributed by atoms with E-state index in [0.717, 1.165) is 29.5 Å². The average Bonchev–Trinajstić information content (AvgIpc) is 3.35. The summed E-state index contributed by atoms with van der Waals surface area (Å²) in [4.78, 5) is 12.0. The van der Waals surface area contributed by atoms with Gasteiger partial charge < -0.3 is 15.8 Å². The van der Waals surface area contributed by atoms with E-state index in [1.54, 1.807) is 0 Å². The molecular formula is C18H20N2O2. The molecule has 2 aromatic rings. The van der Waals surface area contributed by atoms with Gasteiger partial charge >= 0.3 is 6.09 Å². The van der Waals surface area contributed by atoms with Crippen LogP contribution in [0.2, 0.25) is 0 Å². The first-order valence-electron chi connectivity index (χ1n) is 7.50. The van der Waals surface area contributed by atoms with Gasteiger partial charge in [0.1, 0.15) is 6.61 Å². The van der Waals surface area contributed by atoms with E-state index < -0.39 is 0 Å². The summed E-state index contributed by atoms with van der Waals surface area (Å²) in [7, 11) is 0. The van der Waals surface area contributed by atoms with Crippen LogP contribution in [0.4, 0.5) is 4.79 Å². The second-order valence-electron chi connectivity index (χ2n) is 5.67. The van der Waals surface area contributed by atoms with Crippen LogP contribution in [-0.2, 0) is 23.4 Å². The van der Waals surface area contributed by atoms with Crippen molar-refractivity contribution in [2.24, 2.45) is 5.73 Å². The summed E-state index contributed by atoms with van der Waals surface area (Å²) >= 11 is 0. The van der Waals surface area contributed by atoms with E-state index in [0.29, 0.717) is 6.54 Å². The summed E-state index contributed by atoms with van der Waals surface area (Å²) in [5.74, 6) is 0. The first kappa shape index (κ1) is 14.6. The molecule has 0 radical (unpaired) electrons. The molecule has 4 nitrogen and oxygen atoms in total. The maximum Gasteiger partial charge on any atom is 0.408 e. The monoisotopic (exact) mass is 296 g/mol. The molecule has 1 fully saturated rings. The van der Waals surface area contributed by atoms with Gasteiger partial charge in [-0.05, 0) is 29.5 Å². The van der Waals surface area contributed by atoms with Gasteiger partial charge in [0.25, 0.3) is 0 Å². The van der Waals surface area contributed by atoms with E-state index in [4.69, 9.17) is 10.5 Å². The molecule has 2 aromatic carbocycles. The van der Waals surface area contributed by atoms with Crippen molar-refractivity contribution in [1.82, 2.24) is 5.32 Å². The van der Waals surface area contributed by atoms with Crippen LogP contribution < -0.4 is 11.1 Å². The van der Waals surface area contributed by atoms with Crippen molar-refractivity contribution in [3.63, 3.8) is 0 Å². The topological polar surface area (TPSA) is 64.3 Å². The van der Waals surface area contributed by atoms with Crippen molar-refractivity contribution in [1.29, 1.82) is 0 Å². The maximum atomic E-state index is 12.0. The molecule has 0 unspecified atom stereocenters. The van der Waals surface area contributed by atoms with Crippen LogP contribution in [0.3, 0.4) is 0 Å². The van der Waals surface area contributed by atoms with Gasteiger partial charge in [-0.3, -0.25) is 0 Å². The average molecular weight is 296 g/mol. The Labute approximate surface area is 130 Å². The number of hydrogen-bond donors (Lipinski definition) is 2. The molecular weight excluding hydrogens is 276 g/mol. The zero-order valence-electron chi connectivity index (χ0n) is 12.4. The number of carbonyl (C=O) groups excluding carboxylic acids is 1. The molecule has 3 N–H and O–H groups in total. The van der Waals surface area contributed by atoms with E-state index in [1.165, 1.54) is 0 Å². The van der Waals surface area contributed by atoms with E-state index >= 15 is 0 Å². The Morgan fingerprint density at radius 3 is 2.32 bits per heavy atom. The zero-order valence-corrected chi connectivity index (χ0v) is 12.4. The molecule has 4 heteroatoms. The summed E-state index contributed by atoms with van der Waals surface area (Å²) < 4.78 is 5.30. The van der Waals surface area contributed by atoms with Gasteiger partial charge in [-0.25, -0.2) is 4.79 Å². The molecule has 0 spiro atoms. The number of carbonyl (C=O) groups is 1. The predicted octanol–water partition coefficient (Wildman–Crippen LogP) is 3.06. The lowest BCUT2D eigenvalue weighted by molar-refractivity contribution is 0.134. The molecule has 1 amide bonds. The highest BCUT2D eigenvalue weighted by atomic mass is 16.5. The molecule has 1 aliphatic rings. The molecule has 1 aliphatic carbocycles. The first-order chi connectivity index (χ1) is 10.7. The van der Waals surface area contributed by atoms with Gasteiger partial charge in [0.05, 0.1) is 5.54 Å². The van der Waals surface area contributed by atoms with Crippen LogP contribution in [0.15, 0.2) is 54.6 Å². The SMILES string of the molecule is NCc1ccc(C2(NC(=O)OCc3ccccc3)CC2)cc1. The Morgan fingerprint density at radius 1 is 1.05 bits per heavy atom. The lowest BCUT2D eigenvalue weighted by Gasteiger charge is -2.18. The number of nitrogens with two attached hydrogens (primary N) is 1. The minimum atomic E-state index is -0.371. The van der Waals surface area contributed by atoms with Gasteiger partial charge in [0.2, 0.25) is 0 Å². The van der Waals surface area contributed by atoms with Gasteiger partial charge in [-0.2, -0.15) is 0 Å². The number of amides is 1. The molecule has 0 heterocycles. The van der Waals surface area contributed by atoms with Crippen molar-refractivity contribution < 1.29 is 9.53 Å². The Morgan fingerprint density at radius 2 is 1.73 bits per heavy atom. The Kier molecular flexibility index (Phi) is 4.11. The largest absolute Gasteiger partial charge is 0.445 e. The van der Waals surface area contributed by atoms with Crippen LogP contribution in [0.25, 0.3) is 0 Å². The van der Waals surface area contributed by atoms with Crippen molar-refractivity contribution >= 4 is 6.09 Å². The highest BCUT2D eigenvalue weighted by Crippen LogP contribution is 2.45. The summed E-state index contributed by atoms with van der Waals surface area (Å²) in [6.07, 6.45) is 1.51. The van der Waals surface area contributed by atoms with Gasteiger partial charge in [0.15, 0.2) is 0 Å². The quantitative estimate of drug-likeness (QED) is 0.891. The molecule has 3 rings (SSSR count). The van der Waals surface area contributed by atoms with E-state index in [-0.39, 0.29) is 18.2 Å². The fourth-order valence-electron chi connectivity index (χ4n) is 2.53. The molecule has 0 bridgehead atoms. The van der Waals surface area contributed by atoms with Crippen LogP contribution >= 0.6 is 0 Å². The van der Waals surface area contributed by atoms with E-state index in [2.05, 4.69) is 5.32 Å². The molecule has 0 saturated heterocycles. The third-order valence-corrected chi connectivity index (χ3v) is 4.05. The Hall–Kier alpha value is -2.33. The number of benzene rings is 2. The minimum Gasteiger partial charge on any atom is -0.445 e. The van der Waals surface area contributed by atoms with Crippen LogP contribution in [0.1, 0.15) is 29.5 Å². The normalized spacial score (nSPS) is 15.1. The highest BCUT2D eigenvalue weighted by Gasteiger charge is 2.46. The second-order valence-corrected chi connectivity index (χ2v) is 5.67. The van der Waals surface area contributed by atoms with Crippen molar-refractivity contribution in [2.45, 2.75) is 31.5 Å². The van der Waals surface area contributed by atoms with Gasteiger partial charge in [-0.15, -0.1) is 0 Å². The fourth-order valence-corrected chi connectivity index (χ4v) is 2.53. The van der Waals surface area contributed by atoms with E-state index in [9.17, 15) is 4.79 Å². The maximum absolute atomic E-state index is 12.0. The molecule has 0 aromatic heterocycles. The van der Waals surface area contributed by atoms with E-state index in [1.807, 2.05) is 54.6 Å². The standard InChI is InChI=1S/C18H20N2O2/c19-12-14-6-8-16(9-7-14)18(10-11-18)20-17(21)22-13-15-4-2-1-3-5-15/h1-9H,10-13,19H2,(H,20,21). The van der Waals surface area contributed by atoms with Crippen LogP contribution in [0.5, 0.6) is 0 Å². The van der Waals surface area contributed by atoms with Crippen molar-refractivity contribution in [2.75, 3.05) is 0 Å². The summed E-state index contributed by atoms with van der Waals surface area (Å²) in [5, 5.41) is 3.00. The predicted molar refractivity (Wildman–Crippen MR) is 85.0 cm³/mol. The molecule has 0 atom stereocenters. The lowest BCUT2D eigenvalue weighted by Crippen LogP contribution is -2.35. The number of nitrogens with one attached hydrogen (secondary N) is 1. The minimum absolute atomic E-state index is 0.263. The third-order valence-electron chi connectivity index (χ3n) is 4.05. The lowest BCUT2D eigenvalue weighted by atomic mass is 10.0. The summed E-state index contributed by atoms with van der Waals surface area (Å²) in [5.41, 5.74) is 8.53. The molecule has 1 saturated carbocycles. The number of alkyl carbamates (subject to hydrolysis) is 1. The Bertz CT molecular complexity index is 634. The number of rotatable bonds is 5. The van der Waals surface area contributed by atoms with Gasteiger partial charge in [-0.1, -0.05) is 54.6 Å². The molecule has 0 aliphatic heterocycles. The Balaban J connectivity index is 1.58. The molecule has 114 valence electrons. The van der Waals surface area contributed by atoms with Crippen LogP contribution in [-0.4, -0.2) is 6.09 Å². The third kappa shape index (κ3) is 3.28. The molecule has 22 heavy (non-hydrogen) atoms. The van der Waals surface area contributed by atoms with Crippen LogP contribution in [0, 0.1) is 0 Å². The number of hydrogen-bond acceptors (Lipinski definition) is 3. The van der Waals surface area contributed by atoms with Gasteiger partial charge in [0, 0.05) is 6.54 Å². The summed E-state index contributed by atoms with van der Waals surface area (Å²) in [6, 6.07) is 17.7. The van der Waals surface area contributed by atoms with Crippen molar-refractivity contribution in [3.05, 3.63) is 71.3 Å². The first-order valence-corrected chi connectivity index (χ1v) is 7.50.